The lowest BCUT2D eigenvalue weighted by molar-refractivity contribution is -0.143. The number of hydrogen-bond acceptors (Lipinski definition) is 6. The van der Waals surface area contributed by atoms with Crippen LogP contribution in [0.25, 0.3) is 11.1 Å². The minimum absolute atomic E-state index is 0.0648. The number of hydrogen-bond donors (Lipinski definition) is 4. The van der Waals surface area contributed by atoms with Gasteiger partial charge in [0.1, 0.15) is 12.6 Å². The zero-order valence-corrected chi connectivity index (χ0v) is 19.1. The number of carbonyl (C=O) groups excluding carboxylic acids is 2. The van der Waals surface area contributed by atoms with E-state index in [1.165, 1.54) is 19.6 Å². The number of amides is 2. The highest BCUT2D eigenvalue weighted by Gasteiger charge is 2.31. The van der Waals surface area contributed by atoms with Crippen LogP contribution in [0.3, 0.4) is 0 Å². The SMILES string of the molecule is COC[C@H](NC(=O)[C@H](Cc1cnc[nH]1)NC(=O)OCC1c2ccccc2-c2ccccc21)C(=O)O. The van der Waals surface area contributed by atoms with Crippen molar-refractivity contribution in [3.8, 4) is 11.1 Å². The van der Waals surface area contributed by atoms with Crippen molar-refractivity contribution in [2.45, 2.75) is 24.4 Å². The van der Waals surface area contributed by atoms with E-state index >= 15 is 0 Å². The summed E-state index contributed by atoms with van der Waals surface area (Å²) in [5.74, 6) is -2.06. The van der Waals surface area contributed by atoms with E-state index in [0.29, 0.717) is 5.69 Å². The first-order chi connectivity index (χ1) is 17.0. The zero-order chi connectivity index (χ0) is 24.8. The van der Waals surface area contributed by atoms with Crippen molar-refractivity contribution < 1.29 is 29.0 Å². The van der Waals surface area contributed by atoms with Gasteiger partial charge in [0.15, 0.2) is 6.04 Å². The fraction of sp³-hybridized carbons (Fsp3) is 0.280. The molecular formula is C25H26N4O6. The van der Waals surface area contributed by atoms with Crippen LogP contribution in [-0.4, -0.2) is 65.5 Å². The minimum Gasteiger partial charge on any atom is -0.480 e. The van der Waals surface area contributed by atoms with Gasteiger partial charge in [-0.15, -0.1) is 0 Å². The minimum atomic E-state index is -1.26. The van der Waals surface area contributed by atoms with Gasteiger partial charge in [-0.05, 0) is 22.3 Å². The Balaban J connectivity index is 1.44. The molecule has 10 heteroatoms. The Morgan fingerprint density at radius 2 is 1.69 bits per heavy atom. The Bertz CT molecular complexity index is 1150. The van der Waals surface area contributed by atoms with E-state index in [2.05, 4.69) is 20.6 Å². The number of benzene rings is 2. The van der Waals surface area contributed by atoms with E-state index in [9.17, 15) is 19.5 Å². The smallest absolute Gasteiger partial charge is 0.407 e. The van der Waals surface area contributed by atoms with Gasteiger partial charge in [-0.1, -0.05) is 48.5 Å². The van der Waals surface area contributed by atoms with Crippen LogP contribution in [0.15, 0.2) is 61.1 Å². The third kappa shape index (κ3) is 5.49. The van der Waals surface area contributed by atoms with E-state index < -0.39 is 30.1 Å². The van der Waals surface area contributed by atoms with Gasteiger partial charge in [0.05, 0.1) is 12.9 Å². The van der Waals surface area contributed by atoms with Gasteiger partial charge in [-0.2, -0.15) is 0 Å². The van der Waals surface area contributed by atoms with Gasteiger partial charge in [-0.25, -0.2) is 14.6 Å². The molecule has 0 aliphatic heterocycles. The largest absolute Gasteiger partial charge is 0.480 e. The molecule has 0 fully saturated rings. The fourth-order valence-corrected chi connectivity index (χ4v) is 4.22. The number of rotatable bonds is 10. The number of carboxylic acids is 1. The summed E-state index contributed by atoms with van der Waals surface area (Å²) in [6.45, 7) is -0.136. The van der Waals surface area contributed by atoms with E-state index in [0.717, 1.165) is 22.3 Å². The van der Waals surface area contributed by atoms with E-state index in [1.807, 2.05) is 48.5 Å². The lowest BCUT2D eigenvalue weighted by atomic mass is 9.98. The summed E-state index contributed by atoms with van der Waals surface area (Å²) in [4.78, 5) is 43.8. The maximum absolute atomic E-state index is 12.8. The molecule has 1 aliphatic carbocycles. The molecule has 4 N–H and O–H groups in total. The molecule has 4 rings (SSSR count). The van der Waals surface area contributed by atoms with Crippen LogP contribution in [0.4, 0.5) is 4.79 Å². The number of aromatic amines is 1. The number of alkyl carbamates (subject to hydrolysis) is 1. The molecule has 35 heavy (non-hydrogen) atoms. The number of H-pyrrole nitrogens is 1. The number of ether oxygens (including phenoxy) is 2. The zero-order valence-electron chi connectivity index (χ0n) is 19.1. The van der Waals surface area contributed by atoms with E-state index in [1.54, 1.807) is 0 Å². The fourth-order valence-electron chi connectivity index (χ4n) is 4.22. The lowest BCUT2D eigenvalue weighted by Crippen LogP contribution is -2.53. The summed E-state index contributed by atoms with van der Waals surface area (Å²) in [6.07, 6.45) is 2.24. The number of aliphatic carboxylic acids is 1. The molecule has 0 unspecified atom stereocenters. The second-order valence-electron chi connectivity index (χ2n) is 8.16. The Morgan fingerprint density at radius 1 is 1.03 bits per heavy atom. The van der Waals surface area contributed by atoms with Crippen molar-refractivity contribution in [2.75, 3.05) is 20.3 Å². The third-order valence-corrected chi connectivity index (χ3v) is 5.88. The molecule has 2 aromatic carbocycles. The third-order valence-electron chi connectivity index (χ3n) is 5.88. The summed E-state index contributed by atoms with van der Waals surface area (Å²) in [5.41, 5.74) is 4.93. The van der Waals surface area contributed by atoms with Crippen LogP contribution in [0.5, 0.6) is 0 Å². The van der Waals surface area contributed by atoms with Gasteiger partial charge in [0.25, 0.3) is 0 Å². The monoisotopic (exact) mass is 478 g/mol. The second-order valence-corrected chi connectivity index (χ2v) is 8.16. The average molecular weight is 479 g/mol. The van der Waals surface area contributed by atoms with Crippen LogP contribution in [0.2, 0.25) is 0 Å². The number of nitrogens with zero attached hydrogens (tertiary/aromatic N) is 1. The molecule has 0 bridgehead atoms. The number of carbonyl (C=O) groups is 3. The highest BCUT2D eigenvalue weighted by atomic mass is 16.5. The quantitative estimate of drug-likeness (QED) is 0.349. The number of carboxylic acid groups (broad SMARTS) is 1. The van der Waals surface area contributed by atoms with E-state index in [4.69, 9.17) is 9.47 Å². The maximum atomic E-state index is 12.8. The van der Waals surface area contributed by atoms with Crippen LogP contribution >= 0.6 is 0 Å². The summed E-state index contributed by atoms with van der Waals surface area (Å²) < 4.78 is 10.4. The number of aromatic nitrogens is 2. The van der Waals surface area contributed by atoms with Crippen LogP contribution in [-0.2, 0) is 25.5 Å². The predicted octanol–water partition coefficient (Wildman–Crippen LogP) is 2.08. The first kappa shape index (κ1) is 24.0. The topological polar surface area (TPSA) is 143 Å². The van der Waals surface area contributed by atoms with Gasteiger partial charge in [0.2, 0.25) is 5.91 Å². The molecule has 10 nitrogen and oxygen atoms in total. The number of imidazole rings is 1. The molecule has 1 heterocycles. The summed E-state index contributed by atoms with van der Waals surface area (Å²) in [7, 11) is 1.33. The van der Waals surface area contributed by atoms with Crippen LogP contribution < -0.4 is 10.6 Å². The van der Waals surface area contributed by atoms with Crippen LogP contribution in [0.1, 0.15) is 22.7 Å². The van der Waals surface area contributed by atoms with Crippen molar-refractivity contribution in [3.05, 3.63) is 77.9 Å². The summed E-state index contributed by atoms with van der Waals surface area (Å²) >= 11 is 0. The van der Waals surface area contributed by atoms with Crippen LogP contribution in [0, 0.1) is 0 Å². The molecule has 2 amide bonds. The van der Waals surface area contributed by atoms with Gasteiger partial charge >= 0.3 is 12.1 Å². The van der Waals surface area contributed by atoms with Gasteiger partial charge < -0.3 is 30.2 Å². The number of fused-ring (bicyclic) bond motifs is 3. The summed E-state index contributed by atoms with van der Waals surface area (Å²) in [6, 6.07) is 13.6. The Labute approximate surface area is 201 Å². The first-order valence-corrected chi connectivity index (χ1v) is 11.1. The van der Waals surface area contributed by atoms with Crippen molar-refractivity contribution in [1.29, 1.82) is 0 Å². The van der Waals surface area contributed by atoms with Gasteiger partial charge in [-0.3, -0.25) is 4.79 Å². The molecule has 2 atom stereocenters. The average Bonchev–Trinajstić information content (AvgIpc) is 3.48. The Hall–Kier alpha value is -4.18. The van der Waals surface area contributed by atoms with Crippen molar-refractivity contribution in [2.24, 2.45) is 0 Å². The molecule has 1 aromatic heterocycles. The highest BCUT2D eigenvalue weighted by molar-refractivity contribution is 5.89. The molecule has 3 aromatic rings. The molecule has 0 saturated heterocycles. The molecule has 182 valence electrons. The summed E-state index contributed by atoms with van der Waals surface area (Å²) in [5, 5.41) is 14.3. The molecule has 0 saturated carbocycles. The molecule has 1 aliphatic rings. The highest BCUT2D eigenvalue weighted by Crippen LogP contribution is 2.44. The Morgan fingerprint density at radius 3 is 2.26 bits per heavy atom. The standard InChI is InChI=1S/C25H26N4O6/c1-34-13-22(24(31)32)28-23(30)21(10-15-11-26-14-27-15)29-25(33)35-12-20-18-8-4-2-6-16(18)17-7-3-5-9-19(17)20/h2-9,11,14,20-22H,10,12-13H2,1H3,(H,26,27)(H,28,30)(H,29,33)(H,31,32)/t21-,22-/m0/s1. The Kier molecular flexibility index (Phi) is 7.41. The lowest BCUT2D eigenvalue weighted by Gasteiger charge is -2.21. The van der Waals surface area contributed by atoms with Crippen molar-refractivity contribution >= 4 is 18.0 Å². The maximum Gasteiger partial charge on any atom is 0.407 e. The van der Waals surface area contributed by atoms with Gasteiger partial charge in [0, 0.05) is 31.3 Å². The predicted molar refractivity (Wildman–Crippen MR) is 126 cm³/mol. The van der Waals surface area contributed by atoms with Crippen molar-refractivity contribution in [1.82, 2.24) is 20.6 Å². The molecule has 0 spiro atoms. The normalized spacial score (nSPS) is 13.9. The molecule has 0 radical (unpaired) electrons. The number of methoxy groups -OCH3 is 1. The van der Waals surface area contributed by atoms with E-state index in [-0.39, 0.29) is 25.6 Å². The molecular weight excluding hydrogens is 452 g/mol. The first-order valence-electron chi connectivity index (χ1n) is 11.1. The second kappa shape index (κ2) is 10.8. The number of nitrogens with one attached hydrogen (secondary N) is 3. The van der Waals surface area contributed by atoms with Crippen molar-refractivity contribution in [3.63, 3.8) is 0 Å².